The molecule has 1 atom stereocenters. The van der Waals surface area contributed by atoms with E-state index in [0.717, 1.165) is 12.2 Å². The molecular formula is C14H21NOS. The van der Waals surface area contributed by atoms with Crippen LogP contribution in [0.1, 0.15) is 24.8 Å². The minimum atomic E-state index is 0.659. The summed E-state index contributed by atoms with van der Waals surface area (Å²) in [6.45, 7) is 1.18. The summed E-state index contributed by atoms with van der Waals surface area (Å²) in [6.07, 6.45) is 7.23. The fourth-order valence-electron chi connectivity index (χ4n) is 2.39. The first kappa shape index (κ1) is 12.8. The second-order valence-corrected chi connectivity index (χ2v) is 5.39. The van der Waals surface area contributed by atoms with Crippen molar-refractivity contribution in [3.63, 3.8) is 0 Å². The molecule has 1 aromatic rings. The zero-order chi connectivity index (χ0) is 12.1. The van der Waals surface area contributed by atoms with Crippen LogP contribution < -0.4 is 10.1 Å². The Hall–Kier alpha value is -0.670. The highest BCUT2D eigenvalue weighted by atomic mass is 32.2. The molecule has 1 saturated heterocycles. The number of methoxy groups -OCH3 is 1. The third-order valence-corrected chi connectivity index (χ3v) is 4.10. The van der Waals surface area contributed by atoms with Crippen LogP contribution in [0.15, 0.2) is 23.1 Å². The van der Waals surface area contributed by atoms with E-state index < -0.39 is 0 Å². The van der Waals surface area contributed by atoms with E-state index in [4.69, 9.17) is 4.74 Å². The second kappa shape index (κ2) is 6.31. The molecular weight excluding hydrogens is 230 g/mol. The maximum atomic E-state index is 5.34. The van der Waals surface area contributed by atoms with Crippen LogP contribution in [0.25, 0.3) is 0 Å². The van der Waals surface area contributed by atoms with Gasteiger partial charge in [0.1, 0.15) is 5.75 Å². The third-order valence-electron chi connectivity index (χ3n) is 3.34. The number of ether oxygens (including phenoxy) is 1. The summed E-state index contributed by atoms with van der Waals surface area (Å²) in [5.74, 6) is 0.984. The van der Waals surface area contributed by atoms with Gasteiger partial charge in [-0.15, -0.1) is 11.8 Å². The number of benzene rings is 1. The van der Waals surface area contributed by atoms with Gasteiger partial charge in [0, 0.05) is 10.9 Å². The zero-order valence-electron chi connectivity index (χ0n) is 10.7. The summed E-state index contributed by atoms with van der Waals surface area (Å²) < 4.78 is 5.34. The average molecular weight is 251 g/mol. The molecule has 0 spiro atoms. The van der Waals surface area contributed by atoms with Crippen LogP contribution in [-0.2, 0) is 6.42 Å². The van der Waals surface area contributed by atoms with Gasteiger partial charge in [-0.2, -0.15) is 0 Å². The molecule has 1 N–H and O–H groups in total. The number of nitrogens with one attached hydrogen (secondary N) is 1. The molecule has 0 bridgehead atoms. The Morgan fingerprint density at radius 1 is 1.41 bits per heavy atom. The monoisotopic (exact) mass is 251 g/mol. The molecule has 1 heterocycles. The molecule has 1 unspecified atom stereocenters. The predicted octanol–water partition coefficient (Wildman–Crippen LogP) is 3.10. The van der Waals surface area contributed by atoms with Crippen molar-refractivity contribution >= 4 is 11.8 Å². The molecule has 1 aliphatic rings. The average Bonchev–Trinajstić information content (AvgIpc) is 2.40. The number of thioether (sulfide) groups is 1. The second-order valence-electron chi connectivity index (χ2n) is 4.54. The number of piperidine rings is 1. The summed E-state index contributed by atoms with van der Waals surface area (Å²) in [5.41, 5.74) is 1.41. The lowest BCUT2D eigenvalue weighted by molar-refractivity contribution is 0.396. The van der Waals surface area contributed by atoms with Crippen molar-refractivity contribution in [2.24, 2.45) is 0 Å². The first-order valence-corrected chi connectivity index (χ1v) is 7.50. The van der Waals surface area contributed by atoms with Gasteiger partial charge in [0.2, 0.25) is 0 Å². The van der Waals surface area contributed by atoms with Crippen molar-refractivity contribution in [1.82, 2.24) is 5.32 Å². The highest BCUT2D eigenvalue weighted by Gasteiger charge is 2.13. The lowest BCUT2D eigenvalue weighted by Crippen LogP contribution is -2.35. The molecule has 17 heavy (non-hydrogen) atoms. The first-order valence-electron chi connectivity index (χ1n) is 6.28. The topological polar surface area (TPSA) is 21.3 Å². The van der Waals surface area contributed by atoms with Crippen LogP contribution in [0, 0.1) is 0 Å². The van der Waals surface area contributed by atoms with E-state index in [1.54, 1.807) is 18.9 Å². The van der Waals surface area contributed by atoms with Crippen molar-refractivity contribution in [1.29, 1.82) is 0 Å². The summed E-state index contributed by atoms with van der Waals surface area (Å²) in [4.78, 5) is 1.24. The van der Waals surface area contributed by atoms with Crippen molar-refractivity contribution in [3.8, 4) is 5.75 Å². The van der Waals surface area contributed by atoms with Gasteiger partial charge in [-0.05, 0) is 49.8 Å². The summed E-state index contributed by atoms with van der Waals surface area (Å²) in [5, 5.41) is 3.60. The molecule has 0 saturated carbocycles. The SMILES string of the molecule is COc1ccc(CC2CCCCN2)cc1SC. The van der Waals surface area contributed by atoms with Crippen LogP contribution in [0.5, 0.6) is 5.75 Å². The Morgan fingerprint density at radius 2 is 2.29 bits per heavy atom. The quantitative estimate of drug-likeness (QED) is 0.831. The fraction of sp³-hybridized carbons (Fsp3) is 0.571. The van der Waals surface area contributed by atoms with Gasteiger partial charge in [-0.3, -0.25) is 0 Å². The van der Waals surface area contributed by atoms with E-state index in [1.807, 2.05) is 0 Å². The summed E-state index contributed by atoms with van der Waals surface area (Å²) in [6, 6.07) is 7.20. The maximum Gasteiger partial charge on any atom is 0.132 e. The summed E-state index contributed by atoms with van der Waals surface area (Å²) >= 11 is 1.75. The summed E-state index contributed by atoms with van der Waals surface area (Å²) in [7, 11) is 1.73. The molecule has 1 fully saturated rings. The largest absolute Gasteiger partial charge is 0.496 e. The predicted molar refractivity (Wildman–Crippen MR) is 74.1 cm³/mol. The van der Waals surface area contributed by atoms with Crippen molar-refractivity contribution in [2.45, 2.75) is 36.6 Å². The Labute approximate surface area is 108 Å². The molecule has 3 heteroatoms. The lowest BCUT2D eigenvalue weighted by Gasteiger charge is -2.23. The van der Waals surface area contributed by atoms with Gasteiger partial charge in [-0.1, -0.05) is 12.5 Å². The first-order chi connectivity index (χ1) is 8.33. The van der Waals surface area contributed by atoms with E-state index in [-0.39, 0.29) is 0 Å². The van der Waals surface area contributed by atoms with E-state index in [9.17, 15) is 0 Å². The van der Waals surface area contributed by atoms with Crippen LogP contribution >= 0.6 is 11.8 Å². The number of rotatable bonds is 4. The fourth-order valence-corrected chi connectivity index (χ4v) is 3.01. The van der Waals surface area contributed by atoms with Crippen LogP contribution in [0.2, 0.25) is 0 Å². The number of hydrogen-bond acceptors (Lipinski definition) is 3. The maximum absolute atomic E-state index is 5.34. The van der Waals surface area contributed by atoms with Crippen molar-refractivity contribution in [3.05, 3.63) is 23.8 Å². The smallest absolute Gasteiger partial charge is 0.132 e. The Morgan fingerprint density at radius 3 is 2.94 bits per heavy atom. The van der Waals surface area contributed by atoms with E-state index in [2.05, 4.69) is 29.8 Å². The van der Waals surface area contributed by atoms with Gasteiger partial charge in [0.05, 0.1) is 7.11 Å². The lowest BCUT2D eigenvalue weighted by atomic mass is 9.98. The van der Waals surface area contributed by atoms with Gasteiger partial charge < -0.3 is 10.1 Å². The Balaban J connectivity index is 2.05. The van der Waals surface area contributed by atoms with Crippen LogP contribution in [0.3, 0.4) is 0 Å². The zero-order valence-corrected chi connectivity index (χ0v) is 11.5. The van der Waals surface area contributed by atoms with Crippen molar-refractivity contribution < 1.29 is 4.74 Å². The van der Waals surface area contributed by atoms with E-state index >= 15 is 0 Å². The van der Waals surface area contributed by atoms with Gasteiger partial charge >= 0.3 is 0 Å². The third kappa shape index (κ3) is 3.39. The van der Waals surface area contributed by atoms with Gasteiger partial charge in [0.15, 0.2) is 0 Å². The molecule has 0 radical (unpaired) electrons. The molecule has 0 amide bonds. The molecule has 94 valence electrons. The van der Waals surface area contributed by atoms with Gasteiger partial charge in [-0.25, -0.2) is 0 Å². The molecule has 1 aromatic carbocycles. The van der Waals surface area contributed by atoms with E-state index in [0.29, 0.717) is 6.04 Å². The number of hydrogen-bond donors (Lipinski definition) is 1. The Kier molecular flexibility index (Phi) is 4.75. The van der Waals surface area contributed by atoms with Crippen LogP contribution in [0.4, 0.5) is 0 Å². The molecule has 0 aliphatic carbocycles. The van der Waals surface area contributed by atoms with E-state index in [1.165, 1.54) is 36.3 Å². The minimum Gasteiger partial charge on any atom is -0.496 e. The molecule has 2 nitrogen and oxygen atoms in total. The normalized spacial score (nSPS) is 20.2. The van der Waals surface area contributed by atoms with Crippen molar-refractivity contribution in [2.75, 3.05) is 19.9 Å². The minimum absolute atomic E-state index is 0.659. The molecule has 2 rings (SSSR count). The standard InChI is InChI=1S/C14H21NOS/c1-16-13-7-6-11(10-14(13)17-2)9-12-5-3-4-8-15-12/h6-7,10,12,15H,3-5,8-9H2,1-2H3. The highest BCUT2D eigenvalue weighted by Crippen LogP contribution is 2.29. The van der Waals surface area contributed by atoms with Gasteiger partial charge in [0.25, 0.3) is 0 Å². The Bertz CT molecular complexity index is 361. The highest BCUT2D eigenvalue weighted by molar-refractivity contribution is 7.98. The van der Waals surface area contributed by atoms with Crippen LogP contribution in [-0.4, -0.2) is 26.0 Å². The molecule has 0 aromatic heterocycles. The molecule has 1 aliphatic heterocycles.